The molecule has 0 saturated carbocycles. The fourth-order valence-corrected chi connectivity index (χ4v) is 5.06. The average molecular weight is 511 g/mol. The van der Waals surface area contributed by atoms with Gasteiger partial charge in [0.2, 0.25) is 11.8 Å². The van der Waals surface area contributed by atoms with Crippen LogP contribution in [-0.2, 0) is 19.4 Å². The third-order valence-corrected chi connectivity index (χ3v) is 7.02. The van der Waals surface area contributed by atoms with Crippen molar-refractivity contribution >= 4 is 51.6 Å². The minimum absolute atomic E-state index is 0.0540. The van der Waals surface area contributed by atoms with Crippen LogP contribution in [0.15, 0.2) is 36.7 Å². The molecular formula is C25H24Cl2N6O2. The van der Waals surface area contributed by atoms with E-state index in [0.29, 0.717) is 44.7 Å². The van der Waals surface area contributed by atoms with E-state index in [1.165, 1.54) is 12.4 Å². The lowest BCUT2D eigenvalue weighted by Crippen LogP contribution is -2.23. The number of nitrogens with two attached hydrogens (primary N) is 1. The number of pyridine rings is 2. The van der Waals surface area contributed by atoms with Gasteiger partial charge in [-0.3, -0.25) is 9.78 Å². The molecule has 10 heteroatoms. The van der Waals surface area contributed by atoms with E-state index in [-0.39, 0.29) is 11.3 Å². The first kappa shape index (κ1) is 23.4. The summed E-state index contributed by atoms with van der Waals surface area (Å²) in [6.07, 6.45) is 5.57. The molecule has 1 aliphatic carbocycles. The van der Waals surface area contributed by atoms with Crippen LogP contribution >= 0.6 is 23.2 Å². The molecule has 1 amide bonds. The summed E-state index contributed by atoms with van der Waals surface area (Å²) in [5.41, 5.74) is 9.82. The van der Waals surface area contributed by atoms with Crippen molar-refractivity contribution in [1.82, 2.24) is 19.7 Å². The van der Waals surface area contributed by atoms with Gasteiger partial charge in [-0.15, -0.1) is 5.10 Å². The third-order valence-electron chi connectivity index (χ3n) is 6.45. The number of benzene rings is 1. The number of primary amides is 1. The van der Waals surface area contributed by atoms with Crippen LogP contribution in [0.25, 0.3) is 11.0 Å². The zero-order chi connectivity index (χ0) is 24.9. The maximum absolute atomic E-state index is 11.4. The van der Waals surface area contributed by atoms with Crippen LogP contribution in [0.2, 0.25) is 10.0 Å². The van der Waals surface area contributed by atoms with Gasteiger partial charge in [-0.25, -0.2) is 9.67 Å². The number of fused-ring (bicyclic) bond motifs is 3. The molecule has 0 unspecified atom stereocenters. The van der Waals surface area contributed by atoms with E-state index < -0.39 is 5.91 Å². The van der Waals surface area contributed by atoms with Gasteiger partial charge in [0.05, 0.1) is 27.7 Å². The van der Waals surface area contributed by atoms with Gasteiger partial charge in [0, 0.05) is 18.0 Å². The van der Waals surface area contributed by atoms with Crippen molar-refractivity contribution in [1.29, 1.82) is 0 Å². The molecule has 4 aromatic rings. The molecule has 0 atom stereocenters. The van der Waals surface area contributed by atoms with Gasteiger partial charge in [0.1, 0.15) is 5.82 Å². The number of hydrogen-bond acceptors (Lipinski definition) is 6. The maximum atomic E-state index is 11.4. The minimum atomic E-state index is -0.487. The molecule has 1 aliphatic rings. The van der Waals surface area contributed by atoms with Crippen molar-refractivity contribution in [3.8, 4) is 5.88 Å². The zero-order valence-corrected chi connectivity index (χ0v) is 20.8. The molecule has 0 saturated heterocycles. The van der Waals surface area contributed by atoms with Crippen LogP contribution in [0, 0.1) is 5.41 Å². The van der Waals surface area contributed by atoms with Crippen molar-refractivity contribution in [2.45, 2.75) is 39.7 Å². The predicted molar refractivity (Wildman–Crippen MR) is 137 cm³/mol. The number of halogens is 2. The SMILES string of the molecule is CC1(C)CCc2c(Nc3c(Cl)cncc3Cl)nc3c(c(O)nn3Cc3ccc(C(N)=O)cc3)c2C1. The molecule has 0 radical (unpaired) electrons. The Hall–Kier alpha value is -3.36. The first-order chi connectivity index (χ1) is 16.6. The fourth-order valence-electron chi connectivity index (χ4n) is 4.60. The first-order valence-electron chi connectivity index (χ1n) is 11.2. The molecule has 8 nitrogen and oxygen atoms in total. The highest BCUT2D eigenvalue weighted by Crippen LogP contribution is 2.44. The summed E-state index contributed by atoms with van der Waals surface area (Å²) in [4.78, 5) is 20.3. The highest BCUT2D eigenvalue weighted by molar-refractivity contribution is 6.39. The molecule has 3 heterocycles. The van der Waals surface area contributed by atoms with Crippen LogP contribution in [0.1, 0.15) is 47.3 Å². The molecule has 3 aromatic heterocycles. The molecule has 180 valence electrons. The van der Waals surface area contributed by atoms with Crippen molar-refractivity contribution in [3.05, 3.63) is 69.0 Å². The average Bonchev–Trinajstić information content (AvgIpc) is 3.11. The molecular weight excluding hydrogens is 487 g/mol. The Morgan fingerprint density at radius 3 is 2.51 bits per heavy atom. The Bertz CT molecular complexity index is 1440. The second-order valence-corrected chi connectivity index (χ2v) is 10.4. The number of carbonyl (C=O) groups is 1. The fraction of sp³-hybridized carbons (Fsp3) is 0.280. The van der Waals surface area contributed by atoms with Crippen LogP contribution in [-0.4, -0.2) is 30.8 Å². The molecule has 0 fully saturated rings. The van der Waals surface area contributed by atoms with Crippen LogP contribution in [0.3, 0.4) is 0 Å². The van der Waals surface area contributed by atoms with E-state index in [4.69, 9.17) is 33.9 Å². The van der Waals surface area contributed by atoms with Gasteiger partial charge >= 0.3 is 0 Å². The lowest BCUT2D eigenvalue weighted by atomic mass is 9.74. The molecule has 0 aliphatic heterocycles. The molecule has 0 bridgehead atoms. The summed E-state index contributed by atoms with van der Waals surface area (Å²) in [6.45, 7) is 4.78. The third kappa shape index (κ3) is 4.39. The van der Waals surface area contributed by atoms with E-state index in [2.05, 4.69) is 29.2 Å². The van der Waals surface area contributed by atoms with E-state index >= 15 is 0 Å². The summed E-state index contributed by atoms with van der Waals surface area (Å²) >= 11 is 12.8. The zero-order valence-electron chi connectivity index (χ0n) is 19.3. The number of nitrogens with zero attached hydrogens (tertiary/aromatic N) is 4. The van der Waals surface area contributed by atoms with Crippen molar-refractivity contribution < 1.29 is 9.90 Å². The number of aromatic hydroxyl groups is 1. The molecule has 1 aromatic carbocycles. The van der Waals surface area contributed by atoms with Crippen LogP contribution < -0.4 is 11.1 Å². The van der Waals surface area contributed by atoms with Gasteiger partial charge in [0.25, 0.3) is 0 Å². The van der Waals surface area contributed by atoms with Gasteiger partial charge in [-0.2, -0.15) is 0 Å². The maximum Gasteiger partial charge on any atom is 0.248 e. The van der Waals surface area contributed by atoms with Crippen molar-refractivity contribution in [2.75, 3.05) is 5.32 Å². The summed E-state index contributed by atoms with van der Waals surface area (Å²) in [5, 5.41) is 20.0. The van der Waals surface area contributed by atoms with E-state index in [9.17, 15) is 9.90 Å². The van der Waals surface area contributed by atoms with E-state index in [0.717, 1.165) is 36.0 Å². The standard InChI is InChI=1S/C25H24Cl2N6O2/c1-25(2)8-7-15-16(9-25)19-23(31-22(15)30-20-17(26)10-29-11-18(20)27)33(32-24(19)35)12-13-3-5-14(6-4-13)21(28)34/h3-6,10-11H,7-9,12H2,1-2H3,(H2,28,34)(H,32,35)(H,29,30,31). The normalized spacial score (nSPS) is 14.6. The Morgan fingerprint density at radius 1 is 1.17 bits per heavy atom. The minimum Gasteiger partial charge on any atom is -0.492 e. The Balaban J connectivity index is 1.65. The lowest BCUT2D eigenvalue weighted by molar-refractivity contribution is 0.100. The number of rotatable bonds is 5. The van der Waals surface area contributed by atoms with Gasteiger partial charge in [-0.1, -0.05) is 49.2 Å². The number of aromatic nitrogens is 4. The topological polar surface area (TPSA) is 119 Å². The number of hydrogen-bond donors (Lipinski definition) is 3. The number of carbonyl (C=O) groups excluding carboxylic acids is 1. The predicted octanol–water partition coefficient (Wildman–Crippen LogP) is 5.24. The monoisotopic (exact) mass is 510 g/mol. The van der Waals surface area contributed by atoms with Gasteiger partial charge < -0.3 is 16.2 Å². The lowest BCUT2D eigenvalue weighted by Gasteiger charge is -2.32. The summed E-state index contributed by atoms with van der Waals surface area (Å²) in [7, 11) is 0. The second kappa shape index (κ2) is 8.70. The highest BCUT2D eigenvalue weighted by atomic mass is 35.5. The first-order valence-corrected chi connectivity index (χ1v) is 11.9. The number of anilines is 2. The van der Waals surface area contributed by atoms with E-state index in [1.54, 1.807) is 16.8 Å². The Labute approximate surface area is 212 Å². The van der Waals surface area contributed by atoms with Crippen LogP contribution in [0.5, 0.6) is 5.88 Å². The summed E-state index contributed by atoms with van der Waals surface area (Å²) in [6, 6.07) is 6.95. The number of amides is 1. The molecule has 35 heavy (non-hydrogen) atoms. The Morgan fingerprint density at radius 2 is 1.86 bits per heavy atom. The summed E-state index contributed by atoms with van der Waals surface area (Å²) < 4.78 is 1.66. The van der Waals surface area contributed by atoms with E-state index in [1.807, 2.05) is 12.1 Å². The van der Waals surface area contributed by atoms with Crippen LogP contribution in [0.4, 0.5) is 11.5 Å². The summed E-state index contributed by atoms with van der Waals surface area (Å²) in [5.74, 6) is 0.0868. The molecule has 5 rings (SSSR count). The highest BCUT2D eigenvalue weighted by Gasteiger charge is 2.32. The number of nitrogens with one attached hydrogen (secondary N) is 1. The van der Waals surface area contributed by atoms with Gasteiger partial charge in [0.15, 0.2) is 5.65 Å². The van der Waals surface area contributed by atoms with Gasteiger partial charge in [-0.05, 0) is 53.5 Å². The molecule has 4 N–H and O–H groups in total. The Kier molecular flexibility index (Phi) is 5.81. The second-order valence-electron chi connectivity index (χ2n) is 9.60. The molecule has 0 spiro atoms. The smallest absolute Gasteiger partial charge is 0.248 e. The van der Waals surface area contributed by atoms with Crippen molar-refractivity contribution in [2.24, 2.45) is 11.1 Å². The largest absolute Gasteiger partial charge is 0.492 e. The quantitative estimate of drug-likeness (QED) is 0.337. The van der Waals surface area contributed by atoms with Crippen molar-refractivity contribution in [3.63, 3.8) is 0 Å².